The van der Waals surface area contributed by atoms with E-state index in [-0.39, 0.29) is 0 Å². The topological polar surface area (TPSA) is 6.48 Å². The van der Waals surface area contributed by atoms with Crippen molar-refractivity contribution >= 4 is 0 Å². The van der Waals surface area contributed by atoms with Crippen LogP contribution in [0.4, 0.5) is 0 Å². The Balaban J connectivity index is 1.93. The minimum atomic E-state index is 0.633. The molecule has 1 atom stereocenters. The molecular formula is C38H76N2. The maximum atomic E-state index is 2.66. The standard InChI is InChI=1S/C38H76N2/c1-4-7-9-11-13-15-17-19-21-22-24-26-28-30-32-34-38-39(6-3)36-37-40(38)35-33-31-29-27-25-23-20-18-16-14-12-10-8-5-2/h36-38H,4-35H2,1-3H3. The molecule has 1 heterocycles. The van der Waals surface area contributed by atoms with Crippen molar-refractivity contribution in [3.8, 4) is 0 Å². The fourth-order valence-corrected chi connectivity index (χ4v) is 6.62. The molecule has 1 unspecified atom stereocenters. The summed E-state index contributed by atoms with van der Waals surface area (Å²) in [4.78, 5) is 5.24. The summed E-state index contributed by atoms with van der Waals surface area (Å²) < 4.78 is 0. The lowest BCUT2D eigenvalue weighted by molar-refractivity contribution is 0.142. The second-order valence-corrected chi connectivity index (χ2v) is 13.2. The molecule has 0 bridgehead atoms. The second-order valence-electron chi connectivity index (χ2n) is 13.2. The minimum Gasteiger partial charge on any atom is -0.356 e. The number of unbranched alkanes of at least 4 members (excludes halogenated alkanes) is 27. The molecule has 0 fully saturated rings. The zero-order valence-electron chi connectivity index (χ0n) is 28.3. The van der Waals surface area contributed by atoms with E-state index in [1.54, 1.807) is 0 Å². The van der Waals surface area contributed by atoms with Gasteiger partial charge in [0.2, 0.25) is 0 Å². The molecule has 0 radical (unpaired) electrons. The van der Waals surface area contributed by atoms with Crippen LogP contribution in [0.5, 0.6) is 0 Å². The molecule has 1 rings (SSSR count). The summed E-state index contributed by atoms with van der Waals surface area (Å²) in [7, 11) is 0. The molecule has 1 aliphatic rings. The summed E-state index contributed by atoms with van der Waals surface area (Å²) in [6.45, 7) is 9.34. The quantitative estimate of drug-likeness (QED) is 0.0755. The lowest BCUT2D eigenvalue weighted by Crippen LogP contribution is -2.38. The molecule has 1 aliphatic heterocycles. The van der Waals surface area contributed by atoms with Gasteiger partial charge in [-0.3, -0.25) is 0 Å². The van der Waals surface area contributed by atoms with Crippen LogP contribution in [0.2, 0.25) is 0 Å². The predicted molar refractivity (Wildman–Crippen MR) is 182 cm³/mol. The Labute approximate surface area is 254 Å². The van der Waals surface area contributed by atoms with Crippen molar-refractivity contribution in [2.45, 2.75) is 220 Å². The largest absolute Gasteiger partial charge is 0.356 e. The molecule has 40 heavy (non-hydrogen) atoms. The Bertz CT molecular complexity index is 516. The van der Waals surface area contributed by atoms with E-state index >= 15 is 0 Å². The van der Waals surface area contributed by atoms with E-state index in [2.05, 4.69) is 43.0 Å². The van der Waals surface area contributed by atoms with Gasteiger partial charge >= 0.3 is 0 Å². The highest BCUT2D eigenvalue weighted by atomic mass is 15.4. The number of hydrogen-bond donors (Lipinski definition) is 0. The molecule has 0 aromatic rings. The lowest BCUT2D eigenvalue weighted by Gasteiger charge is -2.32. The average Bonchev–Trinajstić information content (AvgIpc) is 3.36. The van der Waals surface area contributed by atoms with Gasteiger partial charge in [0.25, 0.3) is 0 Å². The Morgan fingerprint density at radius 2 is 0.650 bits per heavy atom. The van der Waals surface area contributed by atoms with Crippen molar-refractivity contribution in [3.05, 3.63) is 12.4 Å². The first-order valence-corrected chi connectivity index (χ1v) is 19.0. The van der Waals surface area contributed by atoms with E-state index in [0.29, 0.717) is 6.17 Å². The van der Waals surface area contributed by atoms with E-state index in [1.165, 1.54) is 199 Å². The Kier molecular flexibility index (Phi) is 27.9. The molecule has 2 heteroatoms. The van der Waals surface area contributed by atoms with Crippen LogP contribution in [0.3, 0.4) is 0 Å². The highest BCUT2D eigenvalue weighted by Gasteiger charge is 2.23. The van der Waals surface area contributed by atoms with Gasteiger partial charge in [0.15, 0.2) is 0 Å². The van der Waals surface area contributed by atoms with E-state index in [1.807, 2.05) is 0 Å². The van der Waals surface area contributed by atoms with Gasteiger partial charge < -0.3 is 9.80 Å². The second kappa shape index (κ2) is 29.8. The van der Waals surface area contributed by atoms with Gasteiger partial charge in [0.1, 0.15) is 6.17 Å². The highest BCUT2D eigenvalue weighted by Crippen LogP contribution is 2.23. The molecule has 0 saturated carbocycles. The molecule has 0 N–H and O–H groups in total. The van der Waals surface area contributed by atoms with E-state index in [4.69, 9.17) is 0 Å². The van der Waals surface area contributed by atoms with Crippen LogP contribution in [0, 0.1) is 0 Å². The summed E-state index contributed by atoms with van der Waals surface area (Å²) >= 11 is 0. The van der Waals surface area contributed by atoms with Gasteiger partial charge in [-0.25, -0.2) is 0 Å². The van der Waals surface area contributed by atoms with Gasteiger partial charge in [0.05, 0.1) is 0 Å². The highest BCUT2D eigenvalue weighted by molar-refractivity contribution is 4.96. The zero-order chi connectivity index (χ0) is 28.8. The van der Waals surface area contributed by atoms with Crippen LogP contribution in [-0.2, 0) is 0 Å². The first-order valence-electron chi connectivity index (χ1n) is 19.0. The monoisotopic (exact) mass is 561 g/mol. The van der Waals surface area contributed by atoms with E-state index < -0.39 is 0 Å². The third kappa shape index (κ3) is 22.0. The van der Waals surface area contributed by atoms with Crippen molar-refractivity contribution in [3.63, 3.8) is 0 Å². The van der Waals surface area contributed by atoms with Crippen LogP contribution in [-0.4, -0.2) is 29.1 Å². The Morgan fingerprint density at radius 3 is 1.00 bits per heavy atom. The van der Waals surface area contributed by atoms with Gasteiger partial charge in [-0.15, -0.1) is 0 Å². The molecule has 0 saturated heterocycles. The lowest BCUT2D eigenvalue weighted by atomic mass is 10.0. The first-order chi connectivity index (χ1) is 19.8. The Morgan fingerprint density at radius 1 is 0.350 bits per heavy atom. The van der Waals surface area contributed by atoms with Crippen molar-refractivity contribution in [2.24, 2.45) is 0 Å². The minimum absolute atomic E-state index is 0.633. The van der Waals surface area contributed by atoms with Crippen LogP contribution >= 0.6 is 0 Å². The zero-order valence-corrected chi connectivity index (χ0v) is 28.3. The average molecular weight is 561 g/mol. The summed E-state index contributed by atoms with van der Waals surface area (Å²) in [6, 6.07) is 0. The van der Waals surface area contributed by atoms with Gasteiger partial charge in [-0.1, -0.05) is 187 Å². The van der Waals surface area contributed by atoms with Crippen molar-refractivity contribution < 1.29 is 0 Å². The number of hydrogen-bond acceptors (Lipinski definition) is 2. The summed E-state index contributed by atoms with van der Waals surface area (Å²) in [5, 5.41) is 0. The van der Waals surface area contributed by atoms with Crippen LogP contribution in [0.15, 0.2) is 12.4 Å². The third-order valence-corrected chi connectivity index (χ3v) is 9.42. The summed E-state index contributed by atoms with van der Waals surface area (Å²) in [6.07, 6.45) is 48.8. The molecule has 0 aromatic heterocycles. The summed E-state index contributed by atoms with van der Waals surface area (Å²) in [5.41, 5.74) is 0. The molecule has 0 aromatic carbocycles. The Hall–Kier alpha value is -0.660. The maximum absolute atomic E-state index is 2.66. The van der Waals surface area contributed by atoms with Gasteiger partial charge in [-0.2, -0.15) is 0 Å². The normalized spacial score (nSPS) is 15.1. The number of rotatable bonds is 32. The SMILES string of the molecule is CCCCCCCCCCCCCCCCCC1N(CC)C=CN1CCCCCCCCCCCCCCCC. The smallest absolute Gasteiger partial charge is 0.101 e. The molecule has 0 spiro atoms. The van der Waals surface area contributed by atoms with Crippen LogP contribution in [0.1, 0.15) is 213 Å². The molecule has 0 amide bonds. The number of nitrogens with zero attached hydrogens (tertiary/aromatic N) is 2. The van der Waals surface area contributed by atoms with Crippen LogP contribution < -0.4 is 0 Å². The molecule has 0 aliphatic carbocycles. The van der Waals surface area contributed by atoms with Crippen molar-refractivity contribution in [1.82, 2.24) is 9.80 Å². The molecular weight excluding hydrogens is 484 g/mol. The molecule has 2 nitrogen and oxygen atoms in total. The first kappa shape index (κ1) is 37.4. The maximum Gasteiger partial charge on any atom is 0.101 e. The third-order valence-electron chi connectivity index (χ3n) is 9.42. The van der Waals surface area contributed by atoms with Crippen molar-refractivity contribution in [2.75, 3.05) is 13.1 Å². The van der Waals surface area contributed by atoms with Gasteiger partial charge in [0, 0.05) is 25.5 Å². The van der Waals surface area contributed by atoms with E-state index in [0.717, 1.165) is 6.54 Å². The molecule has 238 valence electrons. The summed E-state index contributed by atoms with van der Waals surface area (Å²) in [5.74, 6) is 0. The fraction of sp³-hybridized carbons (Fsp3) is 0.947. The van der Waals surface area contributed by atoms with E-state index in [9.17, 15) is 0 Å². The predicted octanol–water partition coefficient (Wildman–Crippen LogP) is 13.2. The van der Waals surface area contributed by atoms with Crippen molar-refractivity contribution in [1.29, 1.82) is 0 Å². The van der Waals surface area contributed by atoms with Crippen LogP contribution in [0.25, 0.3) is 0 Å². The van der Waals surface area contributed by atoms with Gasteiger partial charge in [-0.05, 0) is 26.2 Å². The fourth-order valence-electron chi connectivity index (χ4n) is 6.62.